The van der Waals surface area contributed by atoms with Crippen molar-refractivity contribution in [2.24, 2.45) is 0 Å². The summed E-state index contributed by atoms with van der Waals surface area (Å²) in [6.07, 6.45) is 7.15. The molecule has 2 aromatic heterocycles. The lowest BCUT2D eigenvalue weighted by molar-refractivity contribution is 0.201. The molecule has 6 heteroatoms. The van der Waals surface area contributed by atoms with Crippen LogP contribution in [0, 0.1) is 6.92 Å². The largest absolute Gasteiger partial charge is 0.492 e. The number of nitrogens with one attached hydrogen (secondary N) is 1. The van der Waals surface area contributed by atoms with Crippen molar-refractivity contribution in [2.75, 3.05) is 13.2 Å². The van der Waals surface area contributed by atoms with Gasteiger partial charge in [-0.05, 0) is 38.0 Å². The first kappa shape index (κ1) is 16.6. The third-order valence-electron chi connectivity index (χ3n) is 5.68. The van der Waals surface area contributed by atoms with Crippen molar-refractivity contribution in [3.05, 3.63) is 48.0 Å². The molecule has 0 amide bonds. The Balaban J connectivity index is 1.35. The van der Waals surface area contributed by atoms with Crippen LogP contribution in [-0.4, -0.2) is 33.8 Å². The first-order valence-corrected chi connectivity index (χ1v) is 9.70. The number of fused-ring (bicyclic) bond motifs is 2. The standard InChI is InChI=1S/C21H24N4O2/c1-14-17-7-9-25(21(17)24-13-23-14)15-5-6-16(11-15)27-20-4-2-3-19-18(20)12-22-8-10-26-19/h2-4,7,9,13,15-16,22H,5-6,8,10-12H2,1H3. The normalized spacial score (nSPS) is 22.3. The molecule has 1 N–H and O–H groups in total. The van der Waals surface area contributed by atoms with E-state index in [0.29, 0.717) is 12.6 Å². The van der Waals surface area contributed by atoms with Crippen LogP contribution < -0.4 is 14.8 Å². The molecule has 2 atom stereocenters. The Morgan fingerprint density at radius 3 is 3.15 bits per heavy atom. The number of hydrogen-bond donors (Lipinski definition) is 1. The van der Waals surface area contributed by atoms with Crippen LogP contribution in [0.25, 0.3) is 11.0 Å². The number of rotatable bonds is 3. The Bertz CT molecular complexity index is 968. The van der Waals surface area contributed by atoms with Gasteiger partial charge in [0.2, 0.25) is 0 Å². The van der Waals surface area contributed by atoms with Crippen LogP contribution in [-0.2, 0) is 6.54 Å². The fraction of sp³-hybridized carbons (Fsp3) is 0.429. The zero-order chi connectivity index (χ0) is 18.2. The second-order valence-electron chi connectivity index (χ2n) is 7.38. The van der Waals surface area contributed by atoms with E-state index in [-0.39, 0.29) is 6.10 Å². The van der Waals surface area contributed by atoms with E-state index in [9.17, 15) is 0 Å². The van der Waals surface area contributed by atoms with Crippen LogP contribution in [0.15, 0.2) is 36.8 Å². The topological polar surface area (TPSA) is 61.2 Å². The minimum Gasteiger partial charge on any atom is -0.492 e. The van der Waals surface area contributed by atoms with Gasteiger partial charge in [-0.2, -0.15) is 0 Å². The van der Waals surface area contributed by atoms with Crippen molar-refractivity contribution in [3.63, 3.8) is 0 Å². The van der Waals surface area contributed by atoms with Crippen LogP contribution in [0.4, 0.5) is 0 Å². The Morgan fingerprint density at radius 1 is 1.22 bits per heavy atom. The first-order valence-electron chi connectivity index (χ1n) is 9.70. The van der Waals surface area contributed by atoms with Gasteiger partial charge in [-0.15, -0.1) is 0 Å². The molecule has 0 spiro atoms. The van der Waals surface area contributed by atoms with Crippen molar-refractivity contribution in [1.29, 1.82) is 0 Å². The summed E-state index contributed by atoms with van der Waals surface area (Å²) in [5.41, 5.74) is 3.19. The van der Waals surface area contributed by atoms with Gasteiger partial charge in [-0.25, -0.2) is 9.97 Å². The average molecular weight is 364 g/mol. The van der Waals surface area contributed by atoms with Gasteiger partial charge in [0.1, 0.15) is 36.2 Å². The fourth-order valence-corrected chi connectivity index (χ4v) is 4.26. The fourth-order valence-electron chi connectivity index (χ4n) is 4.26. The molecule has 3 heterocycles. The molecule has 1 aliphatic carbocycles. The maximum Gasteiger partial charge on any atom is 0.143 e. The summed E-state index contributed by atoms with van der Waals surface area (Å²) < 4.78 is 14.6. The van der Waals surface area contributed by atoms with E-state index in [1.54, 1.807) is 6.33 Å². The third-order valence-corrected chi connectivity index (χ3v) is 5.68. The maximum absolute atomic E-state index is 6.43. The van der Waals surface area contributed by atoms with Crippen molar-refractivity contribution < 1.29 is 9.47 Å². The number of aryl methyl sites for hydroxylation is 1. The molecule has 5 rings (SSSR count). The van der Waals surface area contributed by atoms with E-state index in [1.807, 2.05) is 19.1 Å². The van der Waals surface area contributed by atoms with Gasteiger partial charge >= 0.3 is 0 Å². The van der Waals surface area contributed by atoms with E-state index in [1.165, 1.54) is 0 Å². The Labute approximate surface area is 158 Å². The molecule has 0 bridgehead atoms. The summed E-state index contributed by atoms with van der Waals surface area (Å²) in [4.78, 5) is 8.81. The lowest BCUT2D eigenvalue weighted by Crippen LogP contribution is -2.18. The molecule has 6 nitrogen and oxygen atoms in total. The molecule has 27 heavy (non-hydrogen) atoms. The molecule has 0 saturated heterocycles. The second-order valence-corrected chi connectivity index (χ2v) is 7.38. The van der Waals surface area contributed by atoms with E-state index in [4.69, 9.17) is 9.47 Å². The van der Waals surface area contributed by atoms with Crippen molar-refractivity contribution >= 4 is 11.0 Å². The molecule has 1 saturated carbocycles. The summed E-state index contributed by atoms with van der Waals surface area (Å²) in [6.45, 7) is 4.39. The smallest absolute Gasteiger partial charge is 0.143 e. The van der Waals surface area contributed by atoms with Gasteiger partial charge < -0.3 is 19.4 Å². The lowest BCUT2D eigenvalue weighted by atomic mass is 10.1. The summed E-state index contributed by atoms with van der Waals surface area (Å²) in [7, 11) is 0. The van der Waals surface area contributed by atoms with Crippen LogP contribution >= 0.6 is 0 Å². The molecule has 1 fully saturated rings. The van der Waals surface area contributed by atoms with Gasteiger partial charge in [-0.3, -0.25) is 0 Å². The SMILES string of the molecule is Cc1ncnc2c1ccn2C1CCC(Oc2cccc3c2CNCCO3)C1. The highest BCUT2D eigenvalue weighted by Crippen LogP contribution is 2.37. The number of benzene rings is 1. The van der Waals surface area contributed by atoms with Gasteiger partial charge in [0.15, 0.2) is 0 Å². The van der Waals surface area contributed by atoms with Crippen molar-refractivity contribution in [1.82, 2.24) is 19.9 Å². The minimum atomic E-state index is 0.213. The zero-order valence-electron chi connectivity index (χ0n) is 15.5. The zero-order valence-corrected chi connectivity index (χ0v) is 15.5. The van der Waals surface area contributed by atoms with E-state index < -0.39 is 0 Å². The Kier molecular flexibility index (Phi) is 4.20. The van der Waals surface area contributed by atoms with Crippen LogP contribution in [0.1, 0.15) is 36.6 Å². The number of hydrogen-bond acceptors (Lipinski definition) is 5. The summed E-state index contributed by atoms with van der Waals surface area (Å²) in [5, 5.41) is 4.54. The first-order chi connectivity index (χ1) is 13.3. The number of ether oxygens (including phenoxy) is 2. The van der Waals surface area contributed by atoms with Crippen molar-refractivity contribution in [3.8, 4) is 11.5 Å². The number of nitrogens with zero attached hydrogens (tertiary/aromatic N) is 3. The third kappa shape index (κ3) is 3.04. The molecule has 3 aromatic rings. The lowest BCUT2D eigenvalue weighted by Gasteiger charge is -2.19. The van der Waals surface area contributed by atoms with Gasteiger partial charge in [0.05, 0.1) is 5.69 Å². The molecule has 1 aromatic carbocycles. The predicted octanol–water partition coefficient (Wildman–Crippen LogP) is 3.39. The van der Waals surface area contributed by atoms with Gasteiger partial charge in [-0.1, -0.05) is 6.07 Å². The molecule has 2 unspecified atom stereocenters. The van der Waals surface area contributed by atoms with Crippen LogP contribution in [0.2, 0.25) is 0 Å². The number of aromatic nitrogens is 3. The minimum absolute atomic E-state index is 0.213. The Hall–Kier alpha value is -2.60. The van der Waals surface area contributed by atoms with E-state index in [0.717, 1.165) is 66.1 Å². The monoisotopic (exact) mass is 364 g/mol. The quantitative estimate of drug-likeness (QED) is 0.772. The maximum atomic E-state index is 6.43. The highest BCUT2D eigenvalue weighted by molar-refractivity contribution is 5.78. The highest BCUT2D eigenvalue weighted by atomic mass is 16.5. The van der Waals surface area contributed by atoms with Crippen LogP contribution in [0.5, 0.6) is 11.5 Å². The van der Waals surface area contributed by atoms with E-state index >= 15 is 0 Å². The molecule has 2 aliphatic rings. The molecular weight excluding hydrogens is 340 g/mol. The summed E-state index contributed by atoms with van der Waals surface area (Å²) >= 11 is 0. The van der Waals surface area contributed by atoms with E-state index in [2.05, 4.69) is 38.2 Å². The highest BCUT2D eigenvalue weighted by Gasteiger charge is 2.29. The summed E-state index contributed by atoms with van der Waals surface area (Å²) in [5.74, 6) is 1.89. The van der Waals surface area contributed by atoms with Crippen LogP contribution in [0.3, 0.4) is 0 Å². The summed E-state index contributed by atoms with van der Waals surface area (Å²) in [6, 6.07) is 8.65. The second kappa shape index (κ2) is 6.85. The molecular formula is C21H24N4O2. The van der Waals surface area contributed by atoms with Gasteiger partial charge in [0.25, 0.3) is 0 Å². The molecule has 1 aliphatic heterocycles. The average Bonchev–Trinajstić information content (AvgIpc) is 3.23. The molecule has 140 valence electrons. The van der Waals surface area contributed by atoms with Crippen molar-refractivity contribution in [2.45, 2.75) is 44.9 Å². The molecule has 0 radical (unpaired) electrons. The predicted molar refractivity (Wildman–Crippen MR) is 103 cm³/mol. The van der Waals surface area contributed by atoms with Gasteiger partial charge in [0, 0.05) is 42.7 Å². The Morgan fingerprint density at radius 2 is 2.19 bits per heavy atom.